The quantitative estimate of drug-likeness (QED) is 0.388. The molecule has 0 radical (unpaired) electrons. The van der Waals surface area contributed by atoms with Gasteiger partial charge in [-0.1, -0.05) is 12.2 Å². The number of carbonyl (C=O) groups excluding carboxylic acids is 1. The van der Waals surface area contributed by atoms with Gasteiger partial charge in [0, 0.05) is 18.4 Å². The third kappa shape index (κ3) is 1.96. The van der Waals surface area contributed by atoms with Gasteiger partial charge in [-0.15, -0.1) is 16.9 Å². The van der Waals surface area contributed by atoms with Crippen LogP contribution in [-0.4, -0.2) is 64.1 Å². The van der Waals surface area contributed by atoms with Crippen LogP contribution in [0.4, 0.5) is 0 Å². The van der Waals surface area contributed by atoms with Crippen LogP contribution in [0, 0.1) is 0 Å². The van der Waals surface area contributed by atoms with Crippen LogP contribution < -0.4 is 5.73 Å². The summed E-state index contributed by atoms with van der Waals surface area (Å²) in [5.74, 6) is -1.00. The van der Waals surface area contributed by atoms with Crippen LogP contribution in [0.1, 0.15) is 5.82 Å². The Labute approximate surface area is 128 Å². The van der Waals surface area contributed by atoms with Crippen LogP contribution in [-0.2, 0) is 16.6 Å². The smallest absolute Gasteiger partial charge is 0.353 e. The second kappa shape index (κ2) is 4.86. The van der Waals surface area contributed by atoms with E-state index >= 15 is 0 Å². The number of thioether (sulfide) groups is 1. The molecule has 2 aliphatic rings. The number of carboxylic acids is 1. The lowest BCUT2D eigenvalue weighted by Gasteiger charge is -2.47. The lowest BCUT2D eigenvalue weighted by Crippen LogP contribution is -2.68. The first-order valence-electron chi connectivity index (χ1n) is 5.87. The van der Waals surface area contributed by atoms with Crippen LogP contribution in [0.2, 0.25) is 0 Å². The molecule has 110 valence electrons. The van der Waals surface area contributed by atoms with E-state index in [1.807, 2.05) is 0 Å². The summed E-state index contributed by atoms with van der Waals surface area (Å²) in [4.78, 5) is 24.8. The molecule has 1 aromatic heterocycles. The second-order valence-corrected chi connectivity index (χ2v) is 6.04. The van der Waals surface area contributed by atoms with E-state index in [1.54, 1.807) is 7.05 Å². The fourth-order valence-corrected chi connectivity index (χ4v) is 3.98. The molecular formula is C10H10N6O3S2. The number of tetrazole rings is 1. The van der Waals surface area contributed by atoms with Crippen molar-refractivity contribution in [3.8, 4) is 0 Å². The third-order valence-electron chi connectivity index (χ3n) is 3.31. The van der Waals surface area contributed by atoms with Gasteiger partial charge >= 0.3 is 5.97 Å². The van der Waals surface area contributed by atoms with Gasteiger partial charge in [0.1, 0.15) is 17.1 Å². The molecule has 3 rings (SSSR count). The molecule has 21 heavy (non-hydrogen) atoms. The largest absolute Gasteiger partial charge is 0.477 e. The molecular weight excluding hydrogens is 316 g/mol. The topological polar surface area (TPSA) is 127 Å². The molecule has 0 aliphatic carbocycles. The molecule has 3 heterocycles. The zero-order chi connectivity index (χ0) is 15.3. The zero-order valence-corrected chi connectivity index (χ0v) is 12.4. The van der Waals surface area contributed by atoms with Crippen molar-refractivity contribution in [2.45, 2.75) is 11.4 Å². The molecule has 2 aliphatic heterocycles. The molecule has 9 nitrogen and oxygen atoms in total. The minimum Gasteiger partial charge on any atom is -0.477 e. The normalized spacial score (nSPS) is 24.7. The van der Waals surface area contributed by atoms with Crippen LogP contribution in [0.3, 0.4) is 0 Å². The van der Waals surface area contributed by atoms with E-state index in [4.69, 9.17) is 18.0 Å². The summed E-state index contributed by atoms with van der Waals surface area (Å²) in [6.45, 7) is 0. The Morgan fingerprint density at radius 1 is 1.57 bits per heavy atom. The lowest BCUT2D eigenvalue weighted by molar-refractivity contribution is -0.147. The monoisotopic (exact) mass is 326 g/mol. The van der Waals surface area contributed by atoms with Crippen molar-refractivity contribution in [3.63, 3.8) is 0 Å². The second-order valence-electron chi connectivity index (χ2n) is 4.52. The summed E-state index contributed by atoms with van der Waals surface area (Å²) in [6.07, 6.45) is 0. The average molecular weight is 326 g/mol. The van der Waals surface area contributed by atoms with E-state index < -0.39 is 17.9 Å². The first-order chi connectivity index (χ1) is 9.93. The van der Waals surface area contributed by atoms with E-state index in [9.17, 15) is 14.7 Å². The van der Waals surface area contributed by atoms with Crippen molar-refractivity contribution in [2.75, 3.05) is 5.75 Å². The number of β-lactam (4-membered cyclic amide) rings is 1. The predicted octanol–water partition coefficient (Wildman–Crippen LogP) is -1.49. The highest BCUT2D eigenvalue weighted by atomic mass is 32.2. The molecule has 0 aromatic carbocycles. The third-order valence-corrected chi connectivity index (χ3v) is 5.04. The number of nitrogens with two attached hydrogens (primary N) is 1. The number of thiocarbonyl (C=S) groups is 1. The van der Waals surface area contributed by atoms with Gasteiger partial charge in [0.25, 0.3) is 0 Å². The van der Waals surface area contributed by atoms with Crippen LogP contribution >= 0.6 is 24.0 Å². The molecule has 1 saturated heterocycles. The number of aromatic nitrogens is 4. The highest BCUT2D eigenvalue weighted by Gasteiger charge is 2.52. The van der Waals surface area contributed by atoms with Crippen LogP contribution in [0.5, 0.6) is 0 Å². The number of amides is 1. The molecule has 1 aromatic rings. The highest BCUT2D eigenvalue weighted by Crippen LogP contribution is 2.40. The van der Waals surface area contributed by atoms with Gasteiger partial charge in [0.15, 0.2) is 5.82 Å². The van der Waals surface area contributed by atoms with E-state index in [1.165, 1.54) is 21.3 Å². The zero-order valence-electron chi connectivity index (χ0n) is 10.8. The van der Waals surface area contributed by atoms with Crippen molar-refractivity contribution >= 4 is 40.7 Å². The molecule has 3 N–H and O–H groups in total. The van der Waals surface area contributed by atoms with Gasteiger partial charge in [-0.05, 0) is 10.4 Å². The van der Waals surface area contributed by atoms with E-state index in [0.29, 0.717) is 11.3 Å². The van der Waals surface area contributed by atoms with E-state index in [-0.39, 0.29) is 21.8 Å². The summed E-state index contributed by atoms with van der Waals surface area (Å²) >= 11 is 6.67. The Hall–Kier alpha value is -1.85. The maximum absolute atomic E-state index is 11.8. The van der Waals surface area contributed by atoms with E-state index in [2.05, 4.69) is 15.5 Å². The Bertz CT molecular complexity index is 699. The number of rotatable bonds is 3. The first-order valence-corrected chi connectivity index (χ1v) is 7.33. The number of aliphatic carboxylic acids is 1. The van der Waals surface area contributed by atoms with Crippen molar-refractivity contribution in [2.24, 2.45) is 12.8 Å². The number of hydrogen-bond acceptors (Lipinski definition) is 8. The summed E-state index contributed by atoms with van der Waals surface area (Å²) in [6, 6.07) is -0.670. The van der Waals surface area contributed by atoms with Crippen LogP contribution in [0.25, 0.3) is 0 Å². The standard InChI is InChI=1S/C10H10N6O3S2/c1-15-7(12-13-14-15)6(20)3-2-21-9-4(11)8(17)16(9)5(3)10(18)19/h4,9H,2,11H2,1H3,(H,18,19)/t4?,9-/m0/s1. The molecule has 0 spiro atoms. The summed E-state index contributed by atoms with van der Waals surface area (Å²) in [5.41, 5.74) is 5.91. The molecule has 0 saturated carbocycles. The Kier molecular flexibility index (Phi) is 3.26. The van der Waals surface area contributed by atoms with Gasteiger partial charge in [-0.2, -0.15) is 0 Å². The molecule has 1 fully saturated rings. The van der Waals surface area contributed by atoms with Crippen molar-refractivity contribution in [1.29, 1.82) is 0 Å². The van der Waals surface area contributed by atoms with Gasteiger partial charge in [0.05, 0.1) is 4.86 Å². The fourth-order valence-electron chi connectivity index (χ4n) is 2.25. The number of nitrogens with zero attached hydrogens (tertiary/aromatic N) is 5. The van der Waals surface area contributed by atoms with Gasteiger partial charge in [0.2, 0.25) is 5.91 Å². The maximum atomic E-state index is 11.8. The predicted molar refractivity (Wildman–Crippen MR) is 76.2 cm³/mol. The number of fused-ring (bicyclic) bond motifs is 1. The van der Waals surface area contributed by atoms with Crippen molar-refractivity contribution < 1.29 is 14.7 Å². The van der Waals surface area contributed by atoms with Crippen molar-refractivity contribution in [3.05, 3.63) is 17.1 Å². The minimum atomic E-state index is -1.21. The summed E-state index contributed by atoms with van der Waals surface area (Å²) in [7, 11) is 1.60. The Morgan fingerprint density at radius 2 is 2.29 bits per heavy atom. The van der Waals surface area contributed by atoms with Gasteiger partial charge in [-0.3, -0.25) is 9.69 Å². The maximum Gasteiger partial charge on any atom is 0.353 e. The number of carboxylic acid groups (broad SMARTS) is 1. The summed E-state index contributed by atoms with van der Waals surface area (Å²) in [5, 5.41) is 20.0. The molecule has 0 bridgehead atoms. The number of hydrogen-bond donors (Lipinski definition) is 2. The van der Waals surface area contributed by atoms with E-state index in [0.717, 1.165) is 0 Å². The first kappa shape index (κ1) is 14.1. The van der Waals surface area contributed by atoms with Gasteiger partial charge < -0.3 is 10.8 Å². The molecule has 1 unspecified atom stereocenters. The fraction of sp³-hybridized carbons (Fsp3) is 0.400. The number of aryl methyl sites for hydroxylation is 1. The molecule has 1 amide bonds. The SMILES string of the molecule is Cn1nnnc1C(=S)C1=C(C(=O)O)N2C(=O)C(N)[C@@H]2SC1. The van der Waals surface area contributed by atoms with Crippen molar-refractivity contribution in [1.82, 2.24) is 25.1 Å². The minimum absolute atomic E-state index is 0.126. The molecule has 2 atom stereocenters. The summed E-state index contributed by atoms with van der Waals surface area (Å²) < 4.78 is 1.36. The lowest BCUT2D eigenvalue weighted by atomic mass is 10.0. The Morgan fingerprint density at radius 3 is 2.86 bits per heavy atom. The average Bonchev–Trinajstić information content (AvgIpc) is 2.90. The number of carbonyl (C=O) groups is 2. The highest BCUT2D eigenvalue weighted by molar-refractivity contribution is 8.00. The van der Waals surface area contributed by atoms with Crippen LogP contribution in [0.15, 0.2) is 11.3 Å². The molecule has 11 heteroatoms. The Balaban J connectivity index is 2.07. The van der Waals surface area contributed by atoms with Gasteiger partial charge in [-0.25, -0.2) is 9.48 Å².